The summed E-state index contributed by atoms with van der Waals surface area (Å²) in [5, 5.41) is 31.0. The van der Waals surface area contributed by atoms with Crippen molar-refractivity contribution in [3.8, 4) is 0 Å². The summed E-state index contributed by atoms with van der Waals surface area (Å²) in [5.74, 6) is 2.10. The number of fused-ring (bicyclic) bond motifs is 1. The summed E-state index contributed by atoms with van der Waals surface area (Å²) in [4.78, 5) is 0. The van der Waals surface area contributed by atoms with Gasteiger partial charge in [0.05, 0.1) is 18.0 Å². The van der Waals surface area contributed by atoms with Crippen LogP contribution in [0.4, 0.5) is 0 Å². The van der Waals surface area contributed by atoms with Crippen LogP contribution in [-0.4, -0.2) is 39.7 Å². The zero-order valence-electron chi connectivity index (χ0n) is 16.6. The predicted molar refractivity (Wildman–Crippen MR) is 99.8 cm³/mol. The molecule has 0 aromatic carbocycles. The summed E-state index contributed by atoms with van der Waals surface area (Å²) in [5.41, 5.74) is -0.302. The van der Waals surface area contributed by atoms with Crippen molar-refractivity contribution in [1.82, 2.24) is 0 Å². The molecule has 0 aromatic heterocycles. The van der Waals surface area contributed by atoms with Crippen LogP contribution in [0.1, 0.15) is 60.3 Å². The normalized spacial score (nSPS) is 41.9. The maximum absolute atomic E-state index is 10.5. The van der Waals surface area contributed by atoms with E-state index in [1.165, 1.54) is 0 Å². The summed E-state index contributed by atoms with van der Waals surface area (Å²) in [6.07, 6.45) is 2.04. The summed E-state index contributed by atoms with van der Waals surface area (Å²) in [6, 6.07) is 0. The van der Waals surface area contributed by atoms with Crippen LogP contribution in [0.3, 0.4) is 0 Å². The van der Waals surface area contributed by atoms with Crippen LogP contribution in [0.25, 0.3) is 0 Å². The first kappa shape index (κ1) is 20.7. The molecular formula is C21H38O4. The average molecular weight is 355 g/mol. The lowest BCUT2D eigenvalue weighted by Crippen LogP contribution is -2.54. The van der Waals surface area contributed by atoms with Crippen molar-refractivity contribution in [3.63, 3.8) is 0 Å². The van der Waals surface area contributed by atoms with Crippen molar-refractivity contribution >= 4 is 0 Å². The molecule has 3 N–H and O–H groups in total. The van der Waals surface area contributed by atoms with E-state index in [4.69, 9.17) is 4.74 Å². The molecule has 4 nitrogen and oxygen atoms in total. The Bertz CT molecular complexity index is 455. The Hall–Kier alpha value is -0.580. The van der Waals surface area contributed by atoms with Crippen LogP contribution in [0, 0.1) is 35.5 Å². The fraction of sp³-hybridized carbons (Fsp3) is 0.905. The van der Waals surface area contributed by atoms with E-state index in [9.17, 15) is 15.3 Å². The van der Waals surface area contributed by atoms with Crippen molar-refractivity contribution < 1.29 is 20.1 Å². The van der Waals surface area contributed by atoms with Gasteiger partial charge in [-0.05, 0) is 63.2 Å². The Morgan fingerprint density at radius 2 is 1.64 bits per heavy atom. The number of hydrogen-bond donors (Lipinski definition) is 3. The van der Waals surface area contributed by atoms with Gasteiger partial charge >= 0.3 is 0 Å². The van der Waals surface area contributed by atoms with Crippen molar-refractivity contribution in [2.45, 2.75) is 78.1 Å². The van der Waals surface area contributed by atoms with Crippen molar-refractivity contribution in [2.24, 2.45) is 35.5 Å². The number of ether oxygens (including phenoxy) is 1. The summed E-state index contributed by atoms with van der Waals surface area (Å²) in [7, 11) is 0. The number of allylic oxidation sites excluding steroid dienone is 1. The number of rotatable bonds is 5. The molecule has 0 radical (unpaired) electrons. The highest BCUT2D eigenvalue weighted by Gasteiger charge is 2.52. The lowest BCUT2D eigenvalue weighted by molar-refractivity contribution is -0.143. The molecule has 146 valence electrons. The second-order valence-corrected chi connectivity index (χ2v) is 9.14. The van der Waals surface area contributed by atoms with Gasteiger partial charge in [0.1, 0.15) is 5.60 Å². The third kappa shape index (κ3) is 4.23. The highest BCUT2D eigenvalue weighted by molar-refractivity contribution is 5.07. The summed E-state index contributed by atoms with van der Waals surface area (Å²) in [6.45, 7) is 14.6. The Morgan fingerprint density at radius 1 is 1.04 bits per heavy atom. The first-order valence-electron chi connectivity index (χ1n) is 9.99. The van der Waals surface area contributed by atoms with Crippen molar-refractivity contribution in [2.75, 3.05) is 6.61 Å². The molecule has 5 unspecified atom stereocenters. The Labute approximate surface area is 153 Å². The van der Waals surface area contributed by atoms with Gasteiger partial charge in [0.15, 0.2) is 0 Å². The van der Waals surface area contributed by atoms with Gasteiger partial charge in [-0.25, -0.2) is 0 Å². The molecule has 8 atom stereocenters. The van der Waals surface area contributed by atoms with E-state index < -0.39 is 12.2 Å². The third-order valence-corrected chi connectivity index (χ3v) is 6.54. The molecule has 0 bridgehead atoms. The molecule has 0 saturated heterocycles. The van der Waals surface area contributed by atoms with E-state index in [1.54, 1.807) is 0 Å². The Morgan fingerprint density at radius 3 is 2.12 bits per heavy atom. The van der Waals surface area contributed by atoms with E-state index in [1.807, 2.05) is 20.8 Å². The topological polar surface area (TPSA) is 69.9 Å². The number of aliphatic hydroxyl groups excluding tert-OH is 3. The summed E-state index contributed by atoms with van der Waals surface area (Å²) < 4.78 is 6.07. The van der Waals surface area contributed by atoms with Gasteiger partial charge in [0.25, 0.3) is 0 Å². The minimum absolute atomic E-state index is 0.102. The molecule has 0 heterocycles. The zero-order valence-corrected chi connectivity index (χ0v) is 16.6. The Kier molecular flexibility index (Phi) is 6.61. The van der Waals surface area contributed by atoms with E-state index in [-0.39, 0.29) is 30.0 Å². The third-order valence-electron chi connectivity index (χ3n) is 6.54. The average Bonchev–Trinajstić information content (AvgIpc) is 2.52. The largest absolute Gasteiger partial charge is 0.493 e. The van der Waals surface area contributed by atoms with Gasteiger partial charge in [0, 0.05) is 12.5 Å². The van der Waals surface area contributed by atoms with Gasteiger partial charge < -0.3 is 20.1 Å². The predicted octanol–water partition coefficient (Wildman–Crippen LogP) is 3.35. The molecule has 2 saturated carbocycles. The smallest absolute Gasteiger partial charge is 0.100 e. The maximum Gasteiger partial charge on any atom is 0.100 e. The molecule has 0 aliphatic heterocycles. The molecular weight excluding hydrogens is 316 g/mol. The van der Waals surface area contributed by atoms with Crippen LogP contribution < -0.4 is 0 Å². The quantitative estimate of drug-likeness (QED) is 0.662. The van der Waals surface area contributed by atoms with Crippen molar-refractivity contribution in [3.05, 3.63) is 12.3 Å². The minimum Gasteiger partial charge on any atom is -0.493 e. The molecule has 0 spiro atoms. The molecule has 2 fully saturated rings. The highest BCUT2D eigenvalue weighted by Crippen LogP contribution is 2.54. The molecule has 2 aliphatic rings. The van der Waals surface area contributed by atoms with Gasteiger partial charge in [-0.15, -0.1) is 0 Å². The molecule has 2 rings (SSSR count). The fourth-order valence-electron chi connectivity index (χ4n) is 5.66. The molecule has 4 heteroatoms. The van der Waals surface area contributed by atoms with E-state index in [0.717, 1.165) is 25.0 Å². The van der Waals surface area contributed by atoms with Gasteiger partial charge in [0.2, 0.25) is 0 Å². The molecule has 2 aliphatic carbocycles. The van der Waals surface area contributed by atoms with E-state index in [2.05, 4.69) is 20.4 Å². The monoisotopic (exact) mass is 354 g/mol. The van der Waals surface area contributed by atoms with Crippen LogP contribution >= 0.6 is 0 Å². The van der Waals surface area contributed by atoms with Crippen LogP contribution in [-0.2, 0) is 4.74 Å². The second-order valence-electron chi connectivity index (χ2n) is 9.14. The molecule has 0 amide bonds. The number of aliphatic hydroxyl groups is 3. The highest BCUT2D eigenvalue weighted by atomic mass is 16.5. The van der Waals surface area contributed by atoms with Crippen LogP contribution in [0.2, 0.25) is 0 Å². The van der Waals surface area contributed by atoms with E-state index >= 15 is 0 Å². The lowest BCUT2D eigenvalue weighted by atomic mass is 9.52. The van der Waals surface area contributed by atoms with E-state index in [0.29, 0.717) is 24.2 Å². The standard InChI is InChI=1S/C21H38O4/c1-7-14-17(11-22)16(12(3)25-21(4,5)6)9-13-10-18(23)20(24)15(8-2)19(13)14/h13-20,22-24H,3,7-11H2,1-2,4-6H3/t13?,14?,15?,16?,17-,18-,19?,20-/m1/s1. The Balaban J connectivity index is 2.31. The maximum atomic E-state index is 10.5. The first-order chi connectivity index (χ1) is 11.6. The summed E-state index contributed by atoms with van der Waals surface area (Å²) >= 11 is 0. The van der Waals surface area contributed by atoms with Gasteiger partial charge in [-0.3, -0.25) is 0 Å². The van der Waals surface area contributed by atoms with Gasteiger partial charge in [-0.1, -0.05) is 33.3 Å². The zero-order chi connectivity index (χ0) is 18.9. The molecule has 25 heavy (non-hydrogen) atoms. The van der Waals surface area contributed by atoms with Crippen LogP contribution in [0.15, 0.2) is 12.3 Å². The fourth-order valence-corrected chi connectivity index (χ4v) is 5.66. The number of hydrogen-bond acceptors (Lipinski definition) is 4. The molecule has 0 aromatic rings. The van der Waals surface area contributed by atoms with Gasteiger partial charge in [-0.2, -0.15) is 0 Å². The lowest BCUT2D eigenvalue weighted by Gasteiger charge is -2.54. The SMILES string of the molecule is C=C(OC(C)(C)C)C1CC2C[C@@H](O)[C@H](O)C(CC)C2C(CC)[C@H]1CO. The first-order valence-corrected chi connectivity index (χ1v) is 9.99. The van der Waals surface area contributed by atoms with Crippen molar-refractivity contribution in [1.29, 1.82) is 0 Å². The minimum atomic E-state index is -0.648. The van der Waals surface area contributed by atoms with Crippen LogP contribution in [0.5, 0.6) is 0 Å². The second kappa shape index (κ2) is 7.98.